The van der Waals surface area contributed by atoms with Crippen LogP contribution in [0.5, 0.6) is 0 Å². The van der Waals surface area contributed by atoms with Crippen LogP contribution in [0.1, 0.15) is 342 Å². The van der Waals surface area contributed by atoms with Crippen LogP contribution >= 0.6 is 15.6 Å². The number of ether oxygens (including phenoxy) is 3. The second-order valence-corrected chi connectivity index (χ2v) is 31.1. The van der Waals surface area contributed by atoms with Crippen molar-refractivity contribution in [1.29, 1.82) is 0 Å². The molecule has 5 unspecified atom stereocenters. The van der Waals surface area contributed by atoms with Gasteiger partial charge in [-0.15, -0.1) is 0 Å². The number of hydrogen-bond acceptors (Lipinski definition) is 14. The van der Waals surface area contributed by atoms with E-state index in [1.54, 1.807) is 0 Å². The van der Waals surface area contributed by atoms with E-state index in [2.05, 4.69) is 179 Å². The molecule has 0 radical (unpaired) electrons. The highest BCUT2D eigenvalue weighted by Crippen LogP contribution is 2.45. The molecule has 5 atom stereocenters. The number of esters is 3. The molecule has 0 aliphatic heterocycles. The summed E-state index contributed by atoms with van der Waals surface area (Å²) in [6, 6.07) is 0. The Bertz CT molecular complexity index is 2610. The van der Waals surface area contributed by atoms with Crippen molar-refractivity contribution in [3.05, 3.63) is 158 Å². The fraction of sp³-hybridized carbons (Fsp3) is 0.681. The van der Waals surface area contributed by atoms with Crippen molar-refractivity contribution >= 4 is 33.6 Å². The third-order valence-corrected chi connectivity index (χ3v) is 19.6. The minimum Gasteiger partial charge on any atom is -0.463 e. The second-order valence-electron chi connectivity index (χ2n) is 28.2. The number of phosphoric ester groups is 2. The van der Waals surface area contributed by atoms with Gasteiger partial charge < -0.3 is 34.2 Å². The summed E-state index contributed by atoms with van der Waals surface area (Å²) in [5.74, 6) is -1.64. The summed E-state index contributed by atoms with van der Waals surface area (Å²) < 4.78 is 61.2. The Morgan fingerprint density at radius 3 is 0.789 bits per heavy atom. The zero-order valence-electron chi connectivity index (χ0n) is 68.4. The molecule has 0 saturated heterocycles. The van der Waals surface area contributed by atoms with Crippen molar-refractivity contribution in [2.45, 2.75) is 360 Å². The normalized spacial score (nSPS) is 14.7. The lowest BCUT2D eigenvalue weighted by molar-refractivity contribution is -0.161. The van der Waals surface area contributed by atoms with Crippen molar-refractivity contribution in [3.8, 4) is 0 Å². The molecule has 0 saturated carbocycles. The lowest BCUT2D eigenvalue weighted by atomic mass is 10.0. The summed E-state index contributed by atoms with van der Waals surface area (Å²) in [5, 5.41) is 20.7. The first-order chi connectivity index (χ1) is 53.2. The molecular weight excluding hydrogens is 1410 g/mol. The highest BCUT2D eigenvalue weighted by molar-refractivity contribution is 7.47. The lowest BCUT2D eigenvalue weighted by Gasteiger charge is -2.21. The van der Waals surface area contributed by atoms with Gasteiger partial charge in [-0.3, -0.25) is 32.5 Å². The van der Waals surface area contributed by atoms with Gasteiger partial charge in [0.05, 0.1) is 26.4 Å². The Labute approximate surface area is 663 Å². The van der Waals surface area contributed by atoms with Crippen LogP contribution in [0.25, 0.3) is 0 Å². The molecule has 0 heterocycles. The van der Waals surface area contributed by atoms with Gasteiger partial charge in [-0.2, -0.15) is 0 Å². The van der Waals surface area contributed by atoms with Crippen molar-refractivity contribution in [3.63, 3.8) is 0 Å². The van der Waals surface area contributed by atoms with Crippen LogP contribution in [0.3, 0.4) is 0 Å². The molecule has 0 aromatic rings. The predicted octanol–water partition coefficient (Wildman–Crippen LogP) is 25.8. The minimum atomic E-state index is -4.95. The Morgan fingerprint density at radius 2 is 0.486 bits per heavy atom. The summed E-state index contributed by atoms with van der Waals surface area (Å²) in [4.78, 5) is 58.7. The monoisotopic (exact) mass is 1570 g/mol. The standard InChI is InChI=1S/C91H154O16P2/c1-4-7-10-13-16-19-22-25-28-31-33-35-36-37-38-39-40-41-42-43-44-45-46-47-48-50-52-54-56-59-62-65-68-71-74-77-89(94)101-80-86(92)81-103-108(97,98)104-82-87(93)83-105-109(99,100)106-85-88(107-91(96)79-76-73-70-67-64-61-58-53-30-27-24-21-18-15-12-9-6-3)84-102-90(95)78-75-72-69-66-63-60-57-55-51-49-34-32-29-26-23-20-17-14-11-8-5-2/h8-9,11-12,16-21,25-30,33-35,37-38,49,55,57,63,66,86-88,92-93H,4-7,10,13-15,22-24,31-32,36,39-48,50-54,56,58-62,64-65,67-85H2,1-3H3,(H,97,98)(H,99,100)/b11-8-,12-9-,19-16-,20-17-,21-18-,28-25-,29-26-,30-27-,35-33-,38-37-,49-34-,57-55-,66-63-. The predicted molar refractivity (Wildman–Crippen MR) is 454 cm³/mol. The van der Waals surface area contributed by atoms with E-state index >= 15 is 0 Å². The topological polar surface area (TPSA) is 231 Å². The van der Waals surface area contributed by atoms with Gasteiger partial charge in [0.15, 0.2) is 6.10 Å². The van der Waals surface area contributed by atoms with E-state index < -0.39 is 91.5 Å². The van der Waals surface area contributed by atoms with Crippen LogP contribution in [0, 0.1) is 0 Å². The second kappa shape index (κ2) is 82.6. The molecule has 0 rings (SSSR count). The molecule has 0 aliphatic carbocycles. The molecule has 16 nitrogen and oxygen atoms in total. The summed E-state index contributed by atoms with van der Waals surface area (Å²) >= 11 is 0. The summed E-state index contributed by atoms with van der Waals surface area (Å²) in [6.45, 7) is 2.38. The number of phosphoric acid groups is 2. The van der Waals surface area contributed by atoms with E-state index in [1.807, 2.05) is 0 Å². The van der Waals surface area contributed by atoms with Gasteiger partial charge in [-0.1, -0.05) is 333 Å². The molecular formula is C91H154O16P2. The molecule has 624 valence electrons. The maximum atomic E-state index is 13.0. The van der Waals surface area contributed by atoms with Crippen molar-refractivity contribution in [1.82, 2.24) is 0 Å². The van der Waals surface area contributed by atoms with Gasteiger partial charge in [0, 0.05) is 19.3 Å². The van der Waals surface area contributed by atoms with E-state index in [-0.39, 0.29) is 19.3 Å². The van der Waals surface area contributed by atoms with Crippen LogP contribution < -0.4 is 0 Å². The van der Waals surface area contributed by atoms with Gasteiger partial charge >= 0.3 is 33.6 Å². The van der Waals surface area contributed by atoms with Gasteiger partial charge in [-0.25, -0.2) is 9.13 Å². The number of hydrogen-bond donors (Lipinski definition) is 4. The van der Waals surface area contributed by atoms with Gasteiger partial charge in [-0.05, 0) is 148 Å². The van der Waals surface area contributed by atoms with E-state index in [1.165, 1.54) is 128 Å². The molecule has 0 amide bonds. The average molecular weight is 1570 g/mol. The fourth-order valence-corrected chi connectivity index (χ4v) is 12.9. The van der Waals surface area contributed by atoms with Crippen LogP contribution in [-0.2, 0) is 55.8 Å². The molecule has 0 aromatic heterocycles. The first-order valence-electron chi connectivity index (χ1n) is 42.8. The van der Waals surface area contributed by atoms with E-state index in [0.717, 1.165) is 154 Å². The Morgan fingerprint density at radius 1 is 0.266 bits per heavy atom. The number of aliphatic hydroxyl groups is 2. The maximum Gasteiger partial charge on any atom is 0.472 e. The molecule has 0 bridgehead atoms. The van der Waals surface area contributed by atoms with Gasteiger partial charge in [0.2, 0.25) is 0 Å². The first kappa shape index (κ1) is 104. The van der Waals surface area contributed by atoms with E-state index in [4.69, 9.17) is 32.3 Å². The molecule has 109 heavy (non-hydrogen) atoms. The molecule has 0 aliphatic rings. The first-order valence-corrected chi connectivity index (χ1v) is 45.8. The molecule has 0 spiro atoms. The molecule has 4 N–H and O–H groups in total. The lowest BCUT2D eigenvalue weighted by Crippen LogP contribution is -2.30. The molecule has 0 fully saturated rings. The fourth-order valence-electron chi connectivity index (χ4n) is 11.3. The Kier molecular flexibility index (Phi) is 79.0. The summed E-state index contributed by atoms with van der Waals surface area (Å²) in [5.41, 5.74) is 0. The number of carbonyl (C=O) groups excluding carboxylic acids is 3. The summed E-state index contributed by atoms with van der Waals surface area (Å²) in [7, 11) is -9.82. The Hall–Kier alpha value is -4.83. The molecule has 0 aromatic carbocycles. The quantitative estimate of drug-likeness (QED) is 0.0146. The van der Waals surface area contributed by atoms with Gasteiger partial charge in [0.1, 0.15) is 25.4 Å². The maximum absolute atomic E-state index is 13.0. The van der Waals surface area contributed by atoms with E-state index in [0.29, 0.717) is 19.3 Å². The van der Waals surface area contributed by atoms with Crippen LogP contribution in [-0.4, -0.2) is 95.9 Å². The third-order valence-electron chi connectivity index (χ3n) is 17.7. The highest BCUT2D eigenvalue weighted by atomic mass is 31.2. The number of unbranched alkanes of at least 4 members (excludes halogenated alkanes) is 31. The zero-order valence-corrected chi connectivity index (χ0v) is 70.2. The largest absolute Gasteiger partial charge is 0.472 e. The van der Waals surface area contributed by atoms with E-state index in [9.17, 15) is 43.5 Å². The highest BCUT2D eigenvalue weighted by Gasteiger charge is 2.29. The van der Waals surface area contributed by atoms with Crippen LogP contribution in [0.2, 0.25) is 0 Å². The number of rotatable bonds is 80. The van der Waals surface area contributed by atoms with Crippen molar-refractivity contribution in [2.24, 2.45) is 0 Å². The summed E-state index contributed by atoms with van der Waals surface area (Å²) in [6.07, 6.45) is 105. The van der Waals surface area contributed by atoms with Crippen molar-refractivity contribution < 1.29 is 75.8 Å². The smallest absolute Gasteiger partial charge is 0.463 e. The molecule has 18 heteroatoms. The number of carbonyl (C=O) groups is 3. The van der Waals surface area contributed by atoms with Crippen molar-refractivity contribution in [2.75, 3.05) is 39.6 Å². The number of allylic oxidation sites excluding steroid dienone is 26. The van der Waals surface area contributed by atoms with Crippen LogP contribution in [0.15, 0.2) is 158 Å². The Balaban J connectivity index is 4.48. The van der Waals surface area contributed by atoms with Gasteiger partial charge in [0.25, 0.3) is 0 Å². The SMILES string of the molecule is CC/C=C\C/C=C\C/C=C\C/C=C\C/C=C\C/C=C\CCCCC(=O)OCC(COP(=O)(O)OCC(O)COP(=O)(O)OCC(O)COC(=O)CCCCCCCCCCCCCCCCCCCCC/C=C\C/C=C\C/C=C\C/C=C\CCCCC)OC(=O)CCCCCCCCC/C=C\C/C=C\C/C=C\CC. The third kappa shape index (κ3) is 83.9. The number of aliphatic hydroxyl groups excluding tert-OH is 2. The minimum absolute atomic E-state index is 0.0788. The average Bonchev–Trinajstić information content (AvgIpc) is 0.903. The zero-order chi connectivity index (χ0) is 79.4. The van der Waals surface area contributed by atoms with Crippen LogP contribution in [0.4, 0.5) is 0 Å².